The van der Waals surface area contributed by atoms with Crippen LogP contribution in [-0.4, -0.2) is 48.4 Å². The van der Waals surface area contributed by atoms with Crippen LogP contribution in [0.2, 0.25) is 0 Å². The monoisotopic (exact) mass is 292 g/mol. The molecule has 0 radical (unpaired) electrons. The number of hydrogen-bond acceptors (Lipinski definition) is 2. The van der Waals surface area contributed by atoms with Gasteiger partial charge in [-0.1, -0.05) is 12.1 Å². The average molecular weight is 292 g/mol. The normalized spacial score (nSPS) is 16.8. The highest BCUT2D eigenvalue weighted by atomic mass is 19.1. The number of halogens is 1. The number of rotatable bonds is 4. The van der Waals surface area contributed by atoms with E-state index in [1.807, 2.05) is 0 Å². The molecule has 1 aliphatic rings. The minimum Gasteiger partial charge on any atom is -0.339 e. The fourth-order valence-corrected chi connectivity index (χ4v) is 2.74. The summed E-state index contributed by atoms with van der Waals surface area (Å²) in [4.78, 5) is 16.5. The third kappa shape index (κ3) is 4.03. The maximum absolute atomic E-state index is 13.7. The van der Waals surface area contributed by atoms with E-state index >= 15 is 0 Å². The van der Waals surface area contributed by atoms with Crippen molar-refractivity contribution in [3.05, 3.63) is 35.6 Å². The molecule has 4 heteroatoms. The highest BCUT2D eigenvalue weighted by Crippen LogP contribution is 2.21. The van der Waals surface area contributed by atoms with E-state index in [4.69, 9.17) is 0 Å². The predicted molar refractivity (Wildman–Crippen MR) is 82.8 cm³/mol. The largest absolute Gasteiger partial charge is 0.339 e. The van der Waals surface area contributed by atoms with Crippen LogP contribution in [0.3, 0.4) is 0 Å². The van der Waals surface area contributed by atoms with Crippen molar-refractivity contribution in [2.45, 2.75) is 32.7 Å². The van der Waals surface area contributed by atoms with Gasteiger partial charge in [0.2, 0.25) is 0 Å². The standard InChI is InChI=1S/C17H25FN2O/c1-13(2)19(3)12-14-8-10-20(11-9-14)17(21)15-6-4-5-7-16(15)18/h4-7,13-14H,8-12H2,1-3H3. The Morgan fingerprint density at radius 1 is 1.33 bits per heavy atom. The smallest absolute Gasteiger partial charge is 0.256 e. The second-order valence-corrected chi connectivity index (χ2v) is 6.25. The van der Waals surface area contributed by atoms with Crippen LogP contribution >= 0.6 is 0 Å². The molecule has 0 spiro atoms. The Kier molecular flexibility index (Phi) is 5.34. The molecule has 0 bridgehead atoms. The number of amides is 1. The van der Waals surface area contributed by atoms with Crippen LogP contribution in [-0.2, 0) is 0 Å². The third-order valence-corrected chi connectivity index (χ3v) is 4.43. The average Bonchev–Trinajstić information content (AvgIpc) is 2.47. The lowest BCUT2D eigenvalue weighted by Crippen LogP contribution is -2.42. The fraction of sp³-hybridized carbons (Fsp3) is 0.588. The first-order chi connectivity index (χ1) is 9.99. The first kappa shape index (κ1) is 16.0. The number of likely N-dealkylation sites (tertiary alicyclic amines) is 1. The van der Waals surface area contributed by atoms with Gasteiger partial charge in [-0.15, -0.1) is 0 Å². The summed E-state index contributed by atoms with van der Waals surface area (Å²) in [6, 6.07) is 6.78. The Hall–Kier alpha value is -1.42. The van der Waals surface area contributed by atoms with Crippen LogP contribution in [0.5, 0.6) is 0 Å². The zero-order valence-electron chi connectivity index (χ0n) is 13.2. The number of nitrogens with zero attached hydrogens (tertiary/aromatic N) is 2. The van der Waals surface area contributed by atoms with Gasteiger partial charge in [0.1, 0.15) is 5.82 Å². The molecule has 2 rings (SSSR count). The van der Waals surface area contributed by atoms with Crippen molar-refractivity contribution in [1.82, 2.24) is 9.80 Å². The second kappa shape index (κ2) is 7.03. The summed E-state index contributed by atoms with van der Waals surface area (Å²) < 4.78 is 13.7. The van der Waals surface area contributed by atoms with Gasteiger partial charge >= 0.3 is 0 Å². The Labute approximate surface area is 126 Å². The molecule has 1 aliphatic heterocycles. The second-order valence-electron chi connectivity index (χ2n) is 6.25. The summed E-state index contributed by atoms with van der Waals surface area (Å²) in [6.45, 7) is 6.90. The first-order valence-electron chi connectivity index (χ1n) is 7.73. The summed E-state index contributed by atoms with van der Waals surface area (Å²) in [5.41, 5.74) is 0.190. The Balaban J connectivity index is 1.89. The van der Waals surface area contributed by atoms with E-state index in [1.54, 1.807) is 23.1 Å². The molecule has 0 N–H and O–H groups in total. The zero-order chi connectivity index (χ0) is 15.4. The van der Waals surface area contributed by atoms with E-state index in [0.717, 1.165) is 32.5 Å². The molecule has 1 heterocycles. The zero-order valence-corrected chi connectivity index (χ0v) is 13.2. The topological polar surface area (TPSA) is 23.6 Å². The van der Waals surface area contributed by atoms with Crippen molar-refractivity contribution in [1.29, 1.82) is 0 Å². The summed E-state index contributed by atoms with van der Waals surface area (Å²) >= 11 is 0. The number of carbonyl (C=O) groups is 1. The van der Waals surface area contributed by atoms with E-state index in [2.05, 4.69) is 25.8 Å². The van der Waals surface area contributed by atoms with Crippen LogP contribution < -0.4 is 0 Å². The lowest BCUT2D eigenvalue weighted by Gasteiger charge is -2.35. The molecular formula is C17H25FN2O. The first-order valence-corrected chi connectivity index (χ1v) is 7.73. The molecule has 1 aromatic rings. The molecule has 1 saturated heterocycles. The van der Waals surface area contributed by atoms with Gasteiger partial charge in [0.05, 0.1) is 5.56 Å². The molecule has 0 aromatic heterocycles. The third-order valence-electron chi connectivity index (χ3n) is 4.43. The molecule has 1 aromatic carbocycles. The van der Waals surface area contributed by atoms with Crippen molar-refractivity contribution < 1.29 is 9.18 Å². The molecule has 3 nitrogen and oxygen atoms in total. The van der Waals surface area contributed by atoms with Crippen molar-refractivity contribution in [3.63, 3.8) is 0 Å². The van der Waals surface area contributed by atoms with Gasteiger partial charge in [-0.2, -0.15) is 0 Å². The van der Waals surface area contributed by atoms with Gasteiger partial charge in [0.25, 0.3) is 5.91 Å². The lowest BCUT2D eigenvalue weighted by molar-refractivity contribution is 0.0662. The predicted octanol–water partition coefficient (Wildman–Crippen LogP) is 3.02. The minimum absolute atomic E-state index is 0.177. The molecule has 116 valence electrons. The molecular weight excluding hydrogens is 267 g/mol. The molecule has 0 saturated carbocycles. The van der Waals surface area contributed by atoms with Gasteiger partial charge < -0.3 is 9.80 Å². The van der Waals surface area contributed by atoms with Crippen LogP contribution in [0.1, 0.15) is 37.0 Å². The molecule has 1 amide bonds. The van der Waals surface area contributed by atoms with Crippen molar-refractivity contribution >= 4 is 5.91 Å². The fourth-order valence-electron chi connectivity index (χ4n) is 2.74. The molecule has 0 atom stereocenters. The van der Waals surface area contributed by atoms with Crippen LogP contribution in [0.25, 0.3) is 0 Å². The maximum Gasteiger partial charge on any atom is 0.256 e. The van der Waals surface area contributed by atoms with E-state index in [0.29, 0.717) is 12.0 Å². The summed E-state index contributed by atoms with van der Waals surface area (Å²) in [6.07, 6.45) is 1.99. The van der Waals surface area contributed by atoms with Crippen LogP contribution in [0.4, 0.5) is 4.39 Å². The number of hydrogen-bond donors (Lipinski definition) is 0. The van der Waals surface area contributed by atoms with Gasteiger partial charge in [0.15, 0.2) is 0 Å². The SMILES string of the molecule is CC(C)N(C)CC1CCN(C(=O)c2ccccc2F)CC1. The van der Waals surface area contributed by atoms with E-state index in [-0.39, 0.29) is 11.5 Å². The highest BCUT2D eigenvalue weighted by molar-refractivity contribution is 5.94. The molecule has 1 fully saturated rings. The minimum atomic E-state index is -0.427. The van der Waals surface area contributed by atoms with Crippen LogP contribution in [0, 0.1) is 11.7 Å². The number of piperidine rings is 1. The summed E-state index contributed by atoms with van der Waals surface area (Å²) in [7, 11) is 2.14. The van der Waals surface area contributed by atoms with Gasteiger partial charge in [-0.05, 0) is 51.8 Å². The quantitative estimate of drug-likeness (QED) is 0.851. The lowest BCUT2D eigenvalue weighted by atomic mass is 9.95. The van der Waals surface area contributed by atoms with E-state index < -0.39 is 5.82 Å². The maximum atomic E-state index is 13.7. The Morgan fingerprint density at radius 2 is 1.95 bits per heavy atom. The molecule has 0 unspecified atom stereocenters. The van der Waals surface area contributed by atoms with Gasteiger partial charge in [-0.25, -0.2) is 4.39 Å². The van der Waals surface area contributed by atoms with Gasteiger partial charge in [-0.3, -0.25) is 4.79 Å². The summed E-state index contributed by atoms with van der Waals surface area (Å²) in [5, 5.41) is 0. The van der Waals surface area contributed by atoms with Gasteiger partial charge in [0, 0.05) is 25.7 Å². The summed E-state index contributed by atoms with van der Waals surface area (Å²) in [5.74, 6) is 0.0231. The molecule has 0 aliphatic carbocycles. The Morgan fingerprint density at radius 3 is 2.52 bits per heavy atom. The van der Waals surface area contributed by atoms with Crippen LogP contribution in [0.15, 0.2) is 24.3 Å². The number of benzene rings is 1. The van der Waals surface area contributed by atoms with E-state index in [1.165, 1.54) is 6.07 Å². The Bertz CT molecular complexity index is 481. The highest BCUT2D eigenvalue weighted by Gasteiger charge is 2.25. The van der Waals surface area contributed by atoms with Crippen molar-refractivity contribution in [2.75, 3.05) is 26.7 Å². The van der Waals surface area contributed by atoms with Crippen molar-refractivity contribution in [3.8, 4) is 0 Å². The number of carbonyl (C=O) groups excluding carboxylic acids is 1. The molecule has 21 heavy (non-hydrogen) atoms. The van der Waals surface area contributed by atoms with Crippen molar-refractivity contribution in [2.24, 2.45) is 5.92 Å². The van der Waals surface area contributed by atoms with E-state index in [9.17, 15) is 9.18 Å².